The smallest absolute Gasteiger partial charge is 0.185 e. The Bertz CT molecular complexity index is 198. The Kier molecular flexibility index (Phi) is 6.15. The predicted molar refractivity (Wildman–Crippen MR) is 74.5 cm³/mol. The van der Waals surface area contributed by atoms with E-state index >= 15 is 0 Å². The third-order valence-corrected chi connectivity index (χ3v) is 3.82. The van der Waals surface area contributed by atoms with Crippen LogP contribution in [0.3, 0.4) is 0 Å². The molecule has 0 aromatic heterocycles. The first kappa shape index (κ1) is 14.3. The molecule has 1 fully saturated rings. The largest absolute Gasteiger partial charge is 0.370 e. The fraction of sp³-hybridized carbons (Fsp3) is 0.875. The number of nitrogens with two attached hydrogens (primary N) is 2. The third-order valence-electron chi connectivity index (χ3n) is 2.59. The maximum absolute atomic E-state index is 5.33. The molecule has 1 rings (SSSR count). The standard InChI is InChI=1S/C8H18N4S.HI/c1-12(2)8(3-4-13-6-8)5-11-7(9)10;/h3-6H2,1-2H3,(H4,9,10,11);1H. The summed E-state index contributed by atoms with van der Waals surface area (Å²) in [5, 5.41) is 0. The van der Waals surface area contributed by atoms with Crippen LogP contribution in [0.2, 0.25) is 0 Å². The van der Waals surface area contributed by atoms with Gasteiger partial charge in [0.15, 0.2) is 5.96 Å². The Labute approximate surface area is 107 Å². The molecule has 0 saturated carbocycles. The molecule has 6 heteroatoms. The molecular weight excluding hydrogens is 311 g/mol. The van der Waals surface area contributed by atoms with Gasteiger partial charge in [0.2, 0.25) is 0 Å². The van der Waals surface area contributed by atoms with E-state index in [0.29, 0.717) is 0 Å². The van der Waals surface area contributed by atoms with E-state index in [9.17, 15) is 0 Å². The lowest BCUT2D eigenvalue weighted by molar-refractivity contribution is 0.190. The van der Waals surface area contributed by atoms with Crippen LogP contribution in [0.5, 0.6) is 0 Å². The SMILES string of the molecule is CN(C)C1(CN=C(N)N)CCSC1.I. The first-order chi connectivity index (χ1) is 6.07. The molecule has 1 aliphatic rings. The van der Waals surface area contributed by atoms with Crippen LogP contribution in [0, 0.1) is 0 Å². The van der Waals surface area contributed by atoms with Crippen molar-refractivity contribution in [3.8, 4) is 0 Å². The van der Waals surface area contributed by atoms with Gasteiger partial charge >= 0.3 is 0 Å². The maximum Gasteiger partial charge on any atom is 0.185 e. The molecule has 0 spiro atoms. The van der Waals surface area contributed by atoms with Crippen molar-refractivity contribution < 1.29 is 0 Å². The first-order valence-electron chi connectivity index (χ1n) is 4.37. The lowest BCUT2D eigenvalue weighted by Crippen LogP contribution is -2.47. The molecule has 84 valence electrons. The van der Waals surface area contributed by atoms with Gasteiger partial charge in [-0.1, -0.05) is 0 Å². The maximum atomic E-state index is 5.33. The summed E-state index contributed by atoms with van der Waals surface area (Å²) in [6.07, 6.45) is 1.17. The lowest BCUT2D eigenvalue weighted by atomic mass is 9.98. The molecule has 1 unspecified atom stereocenters. The van der Waals surface area contributed by atoms with E-state index < -0.39 is 0 Å². The number of likely N-dealkylation sites (N-methyl/N-ethyl adjacent to an activating group) is 1. The highest BCUT2D eigenvalue weighted by Crippen LogP contribution is 2.32. The van der Waals surface area contributed by atoms with E-state index in [2.05, 4.69) is 24.0 Å². The number of aliphatic imine (C=N–C) groups is 1. The normalized spacial score (nSPS) is 25.9. The van der Waals surface area contributed by atoms with Crippen LogP contribution >= 0.6 is 35.7 Å². The Hall–Kier alpha value is 0.310. The van der Waals surface area contributed by atoms with Gasteiger partial charge in [-0.15, -0.1) is 24.0 Å². The second-order valence-corrected chi connectivity index (χ2v) is 4.77. The van der Waals surface area contributed by atoms with Gasteiger partial charge < -0.3 is 16.4 Å². The van der Waals surface area contributed by atoms with E-state index in [1.807, 2.05) is 11.8 Å². The monoisotopic (exact) mass is 330 g/mol. The van der Waals surface area contributed by atoms with Crippen molar-refractivity contribution in [2.75, 3.05) is 32.1 Å². The Morgan fingerprint density at radius 1 is 1.50 bits per heavy atom. The quantitative estimate of drug-likeness (QED) is 0.444. The average molecular weight is 330 g/mol. The van der Waals surface area contributed by atoms with E-state index in [4.69, 9.17) is 11.5 Å². The van der Waals surface area contributed by atoms with Crippen LogP contribution in [-0.4, -0.2) is 48.5 Å². The molecule has 1 aliphatic heterocycles. The van der Waals surface area contributed by atoms with Gasteiger partial charge in [-0.2, -0.15) is 11.8 Å². The number of guanidine groups is 1. The third kappa shape index (κ3) is 3.47. The summed E-state index contributed by atoms with van der Waals surface area (Å²) < 4.78 is 0. The van der Waals surface area contributed by atoms with Crippen LogP contribution in [0.15, 0.2) is 4.99 Å². The van der Waals surface area contributed by atoms with Crippen LogP contribution < -0.4 is 11.5 Å². The number of hydrogen-bond acceptors (Lipinski definition) is 3. The molecule has 1 saturated heterocycles. The molecule has 0 bridgehead atoms. The van der Waals surface area contributed by atoms with Crippen LogP contribution in [0.4, 0.5) is 0 Å². The fourth-order valence-corrected chi connectivity index (χ4v) is 3.00. The summed E-state index contributed by atoms with van der Waals surface area (Å²) in [7, 11) is 4.18. The topological polar surface area (TPSA) is 67.6 Å². The molecular formula is C8H19IN4S. The molecule has 0 aromatic rings. The summed E-state index contributed by atoms with van der Waals surface area (Å²) in [6, 6.07) is 0. The number of nitrogens with zero attached hydrogens (tertiary/aromatic N) is 2. The van der Waals surface area contributed by atoms with Crippen molar-refractivity contribution in [3.63, 3.8) is 0 Å². The van der Waals surface area contributed by atoms with Crippen molar-refractivity contribution in [1.82, 2.24) is 4.90 Å². The highest BCUT2D eigenvalue weighted by molar-refractivity contribution is 14.0. The van der Waals surface area contributed by atoms with E-state index in [0.717, 1.165) is 12.3 Å². The van der Waals surface area contributed by atoms with E-state index in [1.165, 1.54) is 12.2 Å². The fourth-order valence-electron chi connectivity index (χ4n) is 1.45. The molecule has 0 aromatic carbocycles. The highest BCUT2D eigenvalue weighted by Gasteiger charge is 2.36. The van der Waals surface area contributed by atoms with Gasteiger partial charge in [0.05, 0.1) is 6.54 Å². The first-order valence-corrected chi connectivity index (χ1v) is 5.53. The van der Waals surface area contributed by atoms with Crippen LogP contribution in [0.1, 0.15) is 6.42 Å². The zero-order chi connectivity index (χ0) is 9.90. The van der Waals surface area contributed by atoms with Gasteiger partial charge in [0.1, 0.15) is 0 Å². The van der Waals surface area contributed by atoms with Crippen LogP contribution in [0.25, 0.3) is 0 Å². The lowest BCUT2D eigenvalue weighted by Gasteiger charge is -2.34. The average Bonchev–Trinajstić information content (AvgIpc) is 2.50. The van der Waals surface area contributed by atoms with Gasteiger partial charge in [0.25, 0.3) is 0 Å². The molecule has 0 aliphatic carbocycles. The molecule has 4 N–H and O–H groups in total. The van der Waals surface area contributed by atoms with Gasteiger partial charge in [-0.25, -0.2) is 0 Å². The Morgan fingerprint density at radius 3 is 2.50 bits per heavy atom. The molecule has 0 amide bonds. The molecule has 14 heavy (non-hydrogen) atoms. The number of thioether (sulfide) groups is 1. The van der Waals surface area contributed by atoms with Crippen molar-refractivity contribution in [2.24, 2.45) is 16.5 Å². The van der Waals surface area contributed by atoms with Crippen LogP contribution in [-0.2, 0) is 0 Å². The second-order valence-electron chi connectivity index (χ2n) is 3.66. The minimum absolute atomic E-state index is 0. The van der Waals surface area contributed by atoms with Gasteiger partial charge in [-0.3, -0.25) is 4.99 Å². The highest BCUT2D eigenvalue weighted by atomic mass is 127. The van der Waals surface area contributed by atoms with Gasteiger partial charge in [-0.05, 0) is 26.3 Å². The molecule has 0 radical (unpaired) electrons. The number of rotatable bonds is 3. The van der Waals surface area contributed by atoms with Crippen molar-refractivity contribution >= 4 is 41.7 Å². The minimum atomic E-state index is 0. The zero-order valence-electron chi connectivity index (χ0n) is 8.69. The molecule has 1 heterocycles. The van der Waals surface area contributed by atoms with Gasteiger partial charge in [0, 0.05) is 11.3 Å². The molecule has 1 atom stereocenters. The second kappa shape index (κ2) is 6.02. The minimum Gasteiger partial charge on any atom is -0.370 e. The summed E-state index contributed by atoms with van der Waals surface area (Å²) in [6.45, 7) is 0.718. The van der Waals surface area contributed by atoms with E-state index in [-0.39, 0.29) is 35.5 Å². The van der Waals surface area contributed by atoms with Crippen molar-refractivity contribution in [3.05, 3.63) is 0 Å². The Balaban J connectivity index is 0.00000169. The number of hydrogen-bond donors (Lipinski definition) is 2. The van der Waals surface area contributed by atoms with E-state index in [1.54, 1.807) is 0 Å². The summed E-state index contributed by atoms with van der Waals surface area (Å²) in [4.78, 5) is 6.35. The predicted octanol–water partition coefficient (Wildman–Crippen LogP) is 0.315. The van der Waals surface area contributed by atoms with Crippen molar-refractivity contribution in [2.45, 2.75) is 12.0 Å². The zero-order valence-corrected chi connectivity index (χ0v) is 11.8. The summed E-state index contributed by atoms with van der Waals surface area (Å²) in [5.41, 5.74) is 10.8. The number of halogens is 1. The Morgan fingerprint density at radius 2 is 2.14 bits per heavy atom. The van der Waals surface area contributed by atoms with Crippen molar-refractivity contribution in [1.29, 1.82) is 0 Å². The molecule has 4 nitrogen and oxygen atoms in total. The summed E-state index contributed by atoms with van der Waals surface area (Å²) >= 11 is 1.97. The summed E-state index contributed by atoms with van der Waals surface area (Å²) in [5.74, 6) is 2.52.